The molecule has 0 amide bonds. The molecule has 0 radical (unpaired) electrons. The van der Waals surface area contributed by atoms with E-state index < -0.39 is 10.0 Å². The van der Waals surface area contributed by atoms with Crippen molar-refractivity contribution in [2.45, 2.75) is 18.4 Å². The molecule has 0 atom stereocenters. The van der Waals surface area contributed by atoms with Crippen molar-refractivity contribution >= 4 is 60.5 Å². The number of halogens is 2. The maximum Gasteiger partial charge on any atom is 0.243 e. The van der Waals surface area contributed by atoms with E-state index in [2.05, 4.69) is 23.2 Å². The molecule has 36 heavy (non-hydrogen) atoms. The van der Waals surface area contributed by atoms with E-state index in [1.54, 1.807) is 33.8 Å². The standard InChI is InChI=1S/C26H26Cl2N4O2S2/c1-2-31-10-12-32(13-11-31)36(33,34)22-7-4-18(5-8-22)24-15-19-9-14-35-25(19)26(30-24)29-17-20-3-6-21(27)16-23(20)28/h3-9,14-16H,2,10-13,17H2,1H3,(H,29,30). The highest BCUT2D eigenvalue weighted by molar-refractivity contribution is 7.89. The van der Waals surface area contributed by atoms with Gasteiger partial charge in [0.15, 0.2) is 0 Å². The first-order valence-corrected chi connectivity index (χ1v) is 14.8. The van der Waals surface area contributed by atoms with Crippen molar-refractivity contribution < 1.29 is 8.42 Å². The van der Waals surface area contributed by atoms with E-state index >= 15 is 0 Å². The number of thiophene rings is 1. The van der Waals surface area contributed by atoms with Gasteiger partial charge in [0.05, 0.1) is 15.3 Å². The SMILES string of the molecule is CCN1CCN(S(=O)(=O)c2ccc(-c3cc4ccsc4c(NCc4ccc(Cl)cc4Cl)n3)cc2)CC1. The topological polar surface area (TPSA) is 65.5 Å². The number of rotatable bonds is 7. The van der Waals surface area contributed by atoms with Crippen LogP contribution >= 0.6 is 34.5 Å². The molecular weight excluding hydrogens is 535 g/mol. The molecular formula is C26H26Cl2N4O2S2. The van der Waals surface area contributed by atoms with Gasteiger partial charge in [-0.1, -0.05) is 48.3 Å². The Morgan fingerprint density at radius 2 is 1.75 bits per heavy atom. The first-order chi connectivity index (χ1) is 17.3. The van der Waals surface area contributed by atoms with Crippen LogP contribution in [0.4, 0.5) is 5.82 Å². The maximum absolute atomic E-state index is 13.2. The summed E-state index contributed by atoms with van der Waals surface area (Å²) in [6.07, 6.45) is 0. The summed E-state index contributed by atoms with van der Waals surface area (Å²) in [4.78, 5) is 7.44. The van der Waals surface area contributed by atoms with E-state index in [9.17, 15) is 8.42 Å². The summed E-state index contributed by atoms with van der Waals surface area (Å²) in [5.74, 6) is 0.758. The van der Waals surface area contributed by atoms with Crippen molar-refractivity contribution in [3.05, 3.63) is 75.6 Å². The fourth-order valence-corrected chi connectivity index (χ4v) is 7.06. The van der Waals surface area contributed by atoms with Gasteiger partial charge in [-0.3, -0.25) is 0 Å². The fraction of sp³-hybridized carbons (Fsp3) is 0.269. The lowest BCUT2D eigenvalue weighted by Crippen LogP contribution is -2.48. The minimum atomic E-state index is -3.52. The summed E-state index contributed by atoms with van der Waals surface area (Å²) >= 11 is 14.0. The number of hydrogen-bond donors (Lipinski definition) is 1. The van der Waals surface area contributed by atoms with Crippen LogP contribution in [0.2, 0.25) is 10.0 Å². The molecule has 4 aromatic rings. The van der Waals surface area contributed by atoms with E-state index in [0.29, 0.717) is 34.6 Å². The summed E-state index contributed by atoms with van der Waals surface area (Å²) in [5, 5.41) is 7.71. The Morgan fingerprint density at radius 1 is 1.00 bits per heavy atom. The monoisotopic (exact) mass is 560 g/mol. The van der Waals surface area contributed by atoms with Gasteiger partial charge in [0.1, 0.15) is 5.82 Å². The van der Waals surface area contributed by atoms with Gasteiger partial charge >= 0.3 is 0 Å². The Balaban J connectivity index is 1.39. The van der Waals surface area contributed by atoms with Crippen LogP contribution in [-0.2, 0) is 16.6 Å². The molecule has 0 bridgehead atoms. The van der Waals surface area contributed by atoms with Crippen molar-refractivity contribution in [3.63, 3.8) is 0 Å². The second kappa shape index (κ2) is 10.7. The molecule has 0 unspecified atom stereocenters. The average molecular weight is 562 g/mol. The zero-order valence-electron chi connectivity index (χ0n) is 19.7. The summed E-state index contributed by atoms with van der Waals surface area (Å²) in [6.45, 7) is 6.08. The summed E-state index contributed by atoms with van der Waals surface area (Å²) in [7, 11) is -3.52. The molecule has 0 spiro atoms. The molecule has 5 rings (SSSR count). The molecule has 1 saturated heterocycles. The van der Waals surface area contributed by atoms with Gasteiger partial charge < -0.3 is 10.2 Å². The molecule has 2 aromatic heterocycles. The number of nitrogens with zero attached hydrogens (tertiary/aromatic N) is 3. The first-order valence-electron chi connectivity index (χ1n) is 11.7. The highest BCUT2D eigenvalue weighted by Gasteiger charge is 2.28. The van der Waals surface area contributed by atoms with Crippen LogP contribution in [0.5, 0.6) is 0 Å². The number of hydrogen-bond acceptors (Lipinski definition) is 6. The van der Waals surface area contributed by atoms with Gasteiger partial charge in [-0.25, -0.2) is 13.4 Å². The summed E-state index contributed by atoms with van der Waals surface area (Å²) < 4.78 is 28.9. The Labute approximate surface area is 225 Å². The largest absolute Gasteiger partial charge is 0.365 e. The molecule has 1 fully saturated rings. The molecule has 1 aliphatic rings. The lowest BCUT2D eigenvalue weighted by atomic mass is 10.1. The number of benzene rings is 2. The minimum absolute atomic E-state index is 0.309. The quantitative estimate of drug-likeness (QED) is 0.291. The molecule has 1 N–H and O–H groups in total. The number of pyridine rings is 1. The number of fused-ring (bicyclic) bond motifs is 1. The van der Waals surface area contributed by atoms with Crippen molar-refractivity contribution in [1.82, 2.24) is 14.2 Å². The van der Waals surface area contributed by atoms with E-state index in [1.165, 1.54) is 0 Å². The van der Waals surface area contributed by atoms with E-state index in [4.69, 9.17) is 28.2 Å². The van der Waals surface area contributed by atoms with Crippen LogP contribution < -0.4 is 5.32 Å². The molecule has 1 aliphatic heterocycles. The van der Waals surface area contributed by atoms with E-state index in [0.717, 1.165) is 52.4 Å². The van der Waals surface area contributed by atoms with Gasteiger partial charge in [0, 0.05) is 48.3 Å². The second-order valence-corrected chi connectivity index (χ2v) is 12.3. The number of anilines is 1. The van der Waals surface area contributed by atoms with Gasteiger partial charge in [0.2, 0.25) is 10.0 Å². The predicted molar refractivity (Wildman–Crippen MR) is 150 cm³/mol. The first kappa shape index (κ1) is 25.4. The molecule has 6 nitrogen and oxygen atoms in total. The second-order valence-electron chi connectivity index (χ2n) is 8.65. The van der Waals surface area contributed by atoms with E-state index in [1.807, 2.05) is 35.7 Å². The zero-order chi connectivity index (χ0) is 25.3. The van der Waals surface area contributed by atoms with Crippen LogP contribution in [0, 0.1) is 0 Å². The molecule has 188 valence electrons. The molecule has 0 aliphatic carbocycles. The smallest absolute Gasteiger partial charge is 0.243 e. The Kier molecular flexibility index (Phi) is 7.53. The van der Waals surface area contributed by atoms with Crippen LogP contribution in [0.25, 0.3) is 21.3 Å². The Hall–Kier alpha value is -2.20. The highest BCUT2D eigenvalue weighted by Crippen LogP contribution is 2.33. The normalized spacial score (nSPS) is 15.4. The van der Waals surface area contributed by atoms with Crippen LogP contribution in [0.1, 0.15) is 12.5 Å². The molecule has 3 heterocycles. The van der Waals surface area contributed by atoms with Gasteiger partial charge in [-0.2, -0.15) is 4.31 Å². The van der Waals surface area contributed by atoms with Crippen LogP contribution in [-0.4, -0.2) is 55.3 Å². The number of sulfonamides is 1. The highest BCUT2D eigenvalue weighted by atomic mass is 35.5. The Morgan fingerprint density at radius 3 is 2.44 bits per heavy atom. The third kappa shape index (κ3) is 5.25. The predicted octanol–water partition coefficient (Wildman–Crippen LogP) is 6.21. The van der Waals surface area contributed by atoms with Crippen molar-refractivity contribution in [1.29, 1.82) is 0 Å². The van der Waals surface area contributed by atoms with Crippen molar-refractivity contribution in [2.24, 2.45) is 0 Å². The average Bonchev–Trinajstić information content (AvgIpc) is 3.37. The maximum atomic E-state index is 13.2. The van der Waals surface area contributed by atoms with Crippen LogP contribution in [0.15, 0.2) is 64.9 Å². The molecule has 2 aromatic carbocycles. The number of likely N-dealkylation sites (N-methyl/N-ethyl adjacent to an activating group) is 1. The van der Waals surface area contributed by atoms with Gasteiger partial charge in [0.25, 0.3) is 0 Å². The van der Waals surface area contributed by atoms with E-state index in [-0.39, 0.29) is 0 Å². The lowest BCUT2D eigenvalue weighted by molar-refractivity contribution is 0.196. The molecule has 0 saturated carbocycles. The minimum Gasteiger partial charge on any atom is -0.365 e. The Bertz CT molecular complexity index is 1480. The van der Waals surface area contributed by atoms with Gasteiger partial charge in [-0.05, 0) is 59.3 Å². The molecule has 10 heteroatoms. The van der Waals surface area contributed by atoms with Crippen LogP contribution in [0.3, 0.4) is 0 Å². The summed E-state index contributed by atoms with van der Waals surface area (Å²) in [5.41, 5.74) is 2.55. The van der Waals surface area contributed by atoms with Gasteiger partial charge in [-0.15, -0.1) is 11.3 Å². The summed E-state index contributed by atoms with van der Waals surface area (Å²) in [6, 6.07) is 16.5. The number of aromatic nitrogens is 1. The van der Waals surface area contributed by atoms with Crippen molar-refractivity contribution in [3.8, 4) is 11.3 Å². The lowest BCUT2D eigenvalue weighted by Gasteiger charge is -2.33. The number of nitrogens with one attached hydrogen (secondary N) is 1. The van der Waals surface area contributed by atoms with Crippen molar-refractivity contribution in [2.75, 3.05) is 38.0 Å². The third-order valence-electron chi connectivity index (χ3n) is 6.46. The zero-order valence-corrected chi connectivity index (χ0v) is 22.9. The fourth-order valence-electron chi connectivity index (χ4n) is 4.32. The third-order valence-corrected chi connectivity index (χ3v) is 9.90. The number of piperazine rings is 1.